The van der Waals surface area contributed by atoms with Gasteiger partial charge in [-0.05, 0) is 24.6 Å². The Morgan fingerprint density at radius 2 is 1.78 bits per heavy atom. The van der Waals surface area contributed by atoms with E-state index in [9.17, 15) is 35.1 Å². The third kappa shape index (κ3) is 5.19. The van der Waals surface area contributed by atoms with Crippen LogP contribution in [-0.2, 0) is 4.79 Å². The van der Waals surface area contributed by atoms with Crippen LogP contribution in [-0.4, -0.2) is 43.5 Å². The van der Waals surface area contributed by atoms with Crippen LogP contribution in [0.2, 0.25) is 0 Å². The highest BCUT2D eigenvalue weighted by atomic mass is 16.4. The second kappa shape index (κ2) is 9.44. The quantitative estimate of drug-likeness (QED) is 0.283. The van der Waals surface area contributed by atoms with Crippen molar-refractivity contribution in [2.24, 2.45) is 5.92 Å². The number of aromatic carboxylic acids is 1. The number of rotatable bonds is 3. The molecule has 9 nitrogen and oxygen atoms in total. The monoisotopic (exact) mass is 440 g/mol. The van der Waals surface area contributed by atoms with E-state index < -0.39 is 29.9 Å². The van der Waals surface area contributed by atoms with Crippen molar-refractivity contribution in [3.63, 3.8) is 0 Å². The molecular formula is C23H24N2O7. The van der Waals surface area contributed by atoms with Crippen LogP contribution < -0.4 is 10.6 Å². The average Bonchev–Trinajstić information content (AvgIpc) is 2.73. The van der Waals surface area contributed by atoms with E-state index in [0.717, 1.165) is 6.07 Å². The number of carboxylic acids is 1. The van der Waals surface area contributed by atoms with Gasteiger partial charge in [0.2, 0.25) is 5.91 Å². The Morgan fingerprint density at radius 1 is 1.06 bits per heavy atom. The lowest BCUT2D eigenvalue weighted by Crippen LogP contribution is -2.29. The van der Waals surface area contributed by atoms with Crippen molar-refractivity contribution in [3.8, 4) is 17.2 Å². The van der Waals surface area contributed by atoms with Gasteiger partial charge in [-0.15, -0.1) is 0 Å². The van der Waals surface area contributed by atoms with Crippen LogP contribution in [0.4, 0.5) is 11.4 Å². The molecule has 0 fully saturated rings. The molecule has 0 spiro atoms. The first kappa shape index (κ1) is 22.7. The zero-order valence-corrected chi connectivity index (χ0v) is 17.2. The molecule has 0 aliphatic carbocycles. The minimum atomic E-state index is -1.22. The Labute approximate surface area is 184 Å². The molecule has 168 valence electrons. The highest BCUT2D eigenvalue weighted by molar-refractivity contribution is 5.95. The number of aliphatic hydroxyl groups excluding tert-OH is 1. The number of amides is 1. The Kier molecular flexibility index (Phi) is 6.70. The maximum atomic E-state index is 12.5. The summed E-state index contributed by atoms with van der Waals surface area (Å²) in [6.07, 6.45) is 5.67. The zero-order valence-electron chi connectivity index (χ0n) is 17.2. The molecule has 2 aromatic carbocycles. The average molecular weight is 440 g/mol. The van der Waals surface area contributed by atoms with Crippen LogP contribution >= 0.6 is 0 Å². The summed E-state index contributed by atoms with van der Waals surface area (Å²) < 4.78 is 0. The summed E-state index contributed by atoms with van der Waals surface area (Å²) in [6, 6.07) is 5.61. The first-order valence-corrected chi connectivity index (χ1v) is 9.87. The molecule has 0 saturated carbocycles. The lowest BCUT2D eigenvalue weighted by Gasteiger charge is -2.23. The number of fused-ring (bicyclic) bond motifs is 2. The third-order valence-corrected chi connectivity index (χ3v) is 5.12. The number of aromatic hydroxyl groups is 3. The molecule has 1 aliphatic rings. The molecule has 0 unspecified atom stereocenters. The number of anilines is 2. The van der Waals surface area contributed by atoms with Crippen LogP contribution in [0.1, 0.15) is 35.3 Å². The van der Waals surface area contributed by atoms with E-state index in [-0.39, 0.29) is 46.2 Å². The number of carbonyl (C=O) groups excluding carboxylic acids is 1. The van der Waals surface area contributed by atoms with Crippen LogP contribution in [0.25, 0.3) is 0 Å². The molecule has 7 N–H and O–H groups in total. The predicted octanol–water partition coefficient (Wildman–Crippen LogP) is 3.11. The van der Waals surface area contributed by atoms with E-state index in [1.165, 1.54) is 37.3 Å². The molecule has 1 amide bonds. The molecule has 0 radical (unpaired) electrons. The number of benzene rings is 2. The number of hydrogen-bond donors (Lipinski definition) is 7. The summed E-state index contributed by atoms with van der Waals surface area (Å²) in [4.78, 5) is 23.8. The molecule has 2 bridgehead atoms. The van der Waals surface area contributed by atoms with E-state index in [1.54, 1.807) is 18.2 Å². The first-order chi connectivity index (χ1) is 15.2. The summed E-state index contributed by atoms with van der Waals surface area (Å²) in [6.45, 7) is 1.53. The molecule has 1 heterocycles. The number of phenolic OH excluding ortho intramolecular Hbond substituents is 3. The highest BCUT2D eigenvalue weighted by Crippen LogP contribution is 2.39. The van der Waals surface area contributed by atoms with Gasteiger partial charge in [-0.25, -0.2) is 4.79 Å². The minimum Gasteiger partial charge on any atom is -0.508 e. The Morgan fingerprint density at radius 3 is 2.50 bits per heavy atom. The number of carboxylic acid groups (broad SMARTS) is 1. The fraction of sp³-hybridized carbons (Fsp3) is 0.217. The predicted molar refractivity (Wildman–Crippen MR) is 118 cm³/mol. The standard InChI is InChI=1S/C23H24N2O7/c1-12-20(28)6-4-2-3-5-18(24-14-7-13(23(31)32)8-15(26)9-14)17-10-16(27)11-19(21(17)29)25-22(12)30/h2-4,6-12,18,20,24,26-29H,5H2,1H3,(H,25,30)(H,31,32)/b3-2+,6-4+/t12-,18+,20-/m1/s1. The van der Waals surface area contributed by atoms with Crippen LogP contribution in [0, 0.1) is 5.92 Å². The summed E-state index contributed by atoms with van der Waals surface area (Å²) in [5, 5.41) is 55.9. The SMILES string of the molecule is C[C@H]1C(=O)Nc2cc(O)cc(c2O)[C@@H](Nc2cc(O)cc(C(=O)O)c2)C/C=C/C=C/[C@H]1O. The van der Waals surface area contributed by atoms with Crippen molar-refractivity contribution < 1.29 is 35.1 Å². The lowest BCUT2D eigenvalue weighted by atomic mass is 9.99. The first-order valence-electron chi connectivity index (χ1n) is 9.87. The smallest absolute Gasteiger partial charge is 0.335 e. The van der Waals surface area contributed by atoms with Crippen molar-refractivity contribution >= 4 is 23.3 Å². The van der Waals surface area contributed by atoms with Gasteiger partial charge in [-0.2, -0.15) is 0 Å². The molecule has 32 heavy (non-hydrogen) atoms. The van der Waals surface area contributed by atoms with E-state index in [2.05, 4.69) is 10.6 Å². The topological polar surface area (TPSA) is 159 Å². The maximum Gasteiger partial charge on any atom is 0.335 e. The third-order valence-electron chi connectivity index (χ3n) is 5.12. The van der Waals surface area contributed by atoms with Crippen LogP contribution in [0.5, 0.6) is 17.2 Å². The van der Waals surface area contributed by atoms with Crippen LogP contribution in [0.15, 0.2) is 54.6 Å². The van der Waals surface area contributed by atoms with E-state index >= 15 is 0 Å². The Hall–Kier alpha value is -3.98. The Balaban J connectivity index is 2.07. The van der Waals surface area contributed by atoms with Gasteiger partial charge < -0.3 is 36.2 Å². The molecule has 0 saturated heterocycles. The van der Waals surface area contributed by atoms with Crippen molar-refractivity contribution in [1.82, 2.24) is 0 Å². The molecule has 0 aromatic heterocycles. The normalized spacial score (nSPS) is 23.1. The fourth-order valence-electron chi connectivity index (χ4n) is 3.32. The number of nitrogens with one attached hydrogen (secondary N) is 2. The largest absolute Gasteiger partial charge is 0.508 e. The van der Waals surface area contributed by atoms with Gasteiger partial charge in [-0.1, -0.05) is 31.2 Å². The minimum absolute atomic E-state index is 0.0369. The van der Waals surface area contributed by atoms with Gasteiger partial charge in [0.05, 0.1) is 29.3 Å². The maximum absolute atomic E-state index is 12.5. The molecule has 1 aliphatic heterocycles. The summed E-state index contributed by atoms with van der Waals surface area (Å²) in [5.74, 6) is -3.36. The zero-order chi connectivity index (χ0) is 23.4. The van der Waals surface area contributed by atoms with Gasteiger partial charge in [0.25, 0.3) is 0 Å². The van der Waals surface area contributed by atoms with Gasteiger partial charge in [0.1, 0.15) is 17.2 Å². The number of phenols is 3. The van der Waals surface area contributed by atoms with Gasteiger partial charge in [0.15, 0.2) is 0 Å². The van der Waals surface area contributed by atoms with E-state index in [4.69, 9.17) is 0 Å². The van der Waals surface area contributed by atoms with Crippen molar-refractivity contribution in [3.05, 3.63) is 65.8 Å². The van der Waals surface area contributed by atoms with Crippen molar-refractivity contribution in [2.45, 2.75) is 25.5 Å². The summed E-state index contributed by atoms with van der Waals surface area (Å²) in [5.41, 5.74) is 0.344. The van der Waals surface area contributed by atoms with Crippen molar-refractivity contribution in [2.75, 3.05) is 10.6 Å². The van der Waals surface area contributed by atoms with Crippen LogP contribution in [0.3, 0.4) is 0 Å². The fourth-order valence-corrected chi connectivity index (χ4v) is 3.32. The van der Waals surface area contributed by atoms with Gasteiger partial charge in [-0.3, -0.25) is 4.79 Å². The van der Waals surface area contributed by atoms with Gasteiger partial charge in [0, 0.05) is 23.4 Å². The summed E-state index contributed by atoms with van der Waals surface area (Å²) >= 11 is 0. The highest BCUT2D eigenvalue weighted by Gasteiger charge is 2.24. The number of allylic oxidation sites excluding steroid dienone is 2. The number of hydrogen-bond acceptors (Lipinski definition) is 7. The van der Waals surface area contributed by atoms with Crippen molar-refractivity contribution in [1.29, 1.82) is 0 Å². The molecule has 3 atom stereocenters. The second-order valence-corrected chi connectivity index (χ2v) is 7.52. The second-order valence-electron chi connectivity index (χ2n) is 7.52. The number of aliphatic hydroxyl groups is 1. The molecule has 3 rings (SSSR count). The number of carbonyl (C=O) groups is 2. The molecular weight excluding hydrogens is 416 g/mol. The molecule has 9 heteroatoms. The summed E-state index contributed by atoms with van der Waals surface area (Å²) in [7, 11) is 0. The molecule has 2 aromatic rings. The van der Waals surface area contributed by atoms with E-state index in [1.807, 2.05) is 0 Å². The lowest BCUT2D eigenvalue weighted by molar-refractivity contribution is -0.121. The van der Waals surface area contributed by atoms with E-state index in [0.29, 0.717) is 0 Å². The Bertz CT molecular complexity index is 1090. The van der Waals surface area contributed by atoms with Gasteiger partial charge >= 0.3 is 5.97 Å².